The normalized spacial score (nSPS) is 15.1. The summed E-state index contributed by atoms with van der Waals surface area (Å²) in [7, 11) is 4.67. The molecule has 7 nitrogen and oxygen atoms in total. The molecule has 158 valence electrons. The highest BCUT2D eigenvalue weighted by molar-refractivity contribution is 7.09. The number of benzene rings is 1. The molecule has 8 heteroatoms. The van der Waals surface area contributed by atoms with Crippen LogP contribution in [0.4, 0.5) is 5.69 Å². The zero-order valence-corrected chi connectivity index (χ0v) is 18.1. The third-order valence-electron chi connectivity index (χ3n) is 5.03. The molecule has 2 aromatic rings. The number of carbonyl (C=O) groups excluding carboxylic acids is 1. The van der Waals surface area contributed by atoms with Crippen molar-refractivity contribution in [1.82, 2.24) is 9.80 Å². The van der Waals surface area contributed by atoms with E-state index in [1.165, 1.54) is 4.88 Å². The Balaban J connectivity index is 1.46. The number of methoxy groups -OCH3 is 3. The summed E-state index contributed by atoms with van der Waals surface area (Å²) in [6.07, 6.45) is 0.446. The van der Waals surface area contributed by atoms with Gasteiger partial charge in [0.2, 0.25) is 11.7 Å². The predicted octanol–water partition coefficient (Wildman–Crippen LogP) is 2.92. The molecule has 1 aromatic heterocycles. The molecule has 3 rings (SSSR count). The summed E-state index contributed by atoms with van der Waals surface area (Å²) < 4.78 is 16.0. The highest BCUT2D eigenvalue weighted by Gasteiger charge is 2.19. The molecular weight excluding hydrogens is 390 g/mol. The number of nitrogens with zero attached hydrogens (tertiary/aromatic N) is 2. The van der Waals surface area contributed by atoms with Gasteiger partial charge in [0.05, 0.1) is 21.3 Å². The maximum atomic E-state index is 12.4. The SMILES string of the molecule is COc1cc(NC(=O)CCN2CCN(Cc3cccs3)CC2)cc(OC)c1OC. The maximum absolute atomic E-state index is 12.4. The molecule has 1 fully saturated rings. The highest BCUT2D eigenvalue weighted by atomic mass is 32.1. The zero-order valence-electron chi connectivity index (χ0n) is 17.3. The minimum absolute atomic E-state index is 0.0275. The van der Waals surface area contributed by atoms with Crippen LogP contribution in [0.5, 0.6) is 17.2 Å². The first-order valence-electron chi connectivity index (χ1n) is 9.70. The standard InChI is InChI=1S/C21H29N3O4S/c1-26-18-13-16(14-19(27-2)21(18)28-3)22-20(25)6-7-23-8-10-24(11-9-23)15-17-5-4-12-29-17/h4-5,12-14H,6-11,15H2,1-3H3,(H,22,25). The fraction of sp³-hybridized carbons (Fsp3) is 0.476. The molecule has 1 amide bonds. The smallest absolute Gasteiger partial charge is 0.225 e. The third-order valence-corrected chi connectivity index (χ3v) is 5.89. The Hall–Kier alpha value is -2.29. The largest absolute Gasteiger partial charge is 0.493 e. The van der Waals surface area contributed by atoms with E-state index in [2.05, 4.69) is 32.6 Å². The lowest BCUT2D eigenvalue weighted by molar-refractivity contribution is -0.116. The minimum Gasteiger partial charge on any atom is -0.493 e. The predicted molar refractivity (Wildman–Crippen MR) is 115 cm³/mol. The first-order chi connectivity index (χ1) is 14.1. The fourth-order valence-corrected chi connectivity index (χ4v) is 4.18. The number of anilines is 1. The summed E-state index contributed by atoms with van der Waals surface area (Å²) in [5.74, 6) is 1.52. The molecule has 2 heterocycles. The van der Waals surface area contributed by atoms with E-state index in [4.69, 9.17) is 14.2 Å². The topological polar surface area (TPSA) is 63.3 Å². The van der Waals surface area contributed by atoms with Gasteiger partial charge in [0.15, 0.2) is 11.5 Å². The second-order valence-corrected chi connectivity index (χ2v) is 7.94. The Morgan fingerprint density at radius 1 is 1.03 bits per heavy atom. The highest BCUT2D eigenvalue weighted by Crippen LogP contribution is 2.39. The molecule has 0 radical (unpaired) electrons. The number of piperazine rings is 1. The van der Waals surface area contributed by atoms with Crippen molar-refractivity contribution in [2.24, 2.45) is 0 Å². The monoisotopic (exact) mass is 419 g/mol. The number of hydrogen-bond donors (Lipinski definition) is 1. The van der Waals surface area contributed by atoms with Gasteiger partial charge in [-0.1, -0.05) is 6.07 Å². The van der Waals surface area contributed by atoms with Crippen molar-refractivity contribution >= 4 is 22.9 Å². The summed E-state index contributed by atoms with van der Waals surface area (Å²) in [4.78, 5) is 18.6. The van der Waals surface area contributed by atoms with Crippen LogP contribution in [-0.4, -0.2) is 69.8 Å². The van der Waals surface area contributed by atoms with Crippen molar-refractivity contribution in [1.29, 1.82) is 0 Å². The van der Waals surface area contributed by atoms with Crippen LogP contribution in [-0.2, 0) is 11.3 Å². The molecule has 29 heavy (non-hydrogen) atoms. The Bertz CT molecular complexity index is 764. The van der Waals surface area contributed by atoms with Crippen LogP contribution in [0, 0.1) is 0 Å². The maximum Gasteiger partial charge on any atom is 0.225 e. The zero-order chi connectivity index (χ0) is 20.6. The van der Waals surface area contributed by atoms with Crippen LogP contribution in [0.15, 0.2) is 29.6 Å². The summed E-state index contributed by atoms with van der Waals surface area (Å²) in [6.45, 7) is 5.82. The van der Waals surface area contributed by atoms with Gasteiger partial charge in [-0.25, -0.2) is 0 Å². The molecular formula is C21H29N3O4S. The van der Waals surface area contributed by atoms with E-state index in [0.717, 1.165) is 39.3 Å². The molecule has 1 N–H and O–H groups in total. The van der Waals surface area contributed by atoms with E-state index in [0.29, 0.717) is 29.4 Å². The first-order valence-corrected chi connectivity index (χ1v) is 10.6. The second kappa shape index (κ2) is 10.5. The summed E-state index contributed by atoms with van der Waals surface area (Å²) >= 11 is 1.81. The Morgan fingerprint density at radius 3 is 2.24 bits per heavy atom. The molecule has 0 saturated carbocycles. The van der Waals surface area contributed by atoms with Gasteiger partial charge in [-0.15, -0.1) is 11.3 Å². The number of rotatable bonds is 9. The molecule has 0 bridgehead atoms. The molecule has 1 aliphatic heterocycles. The quantitative estimate of drug-likeness (QED) is 0.674. The van der Waals surface area contributed by atoms with Crippen LogP contribution in [0.3, 0.4) is 0 Å². The molecule has 0 aliphatic carbocycles. The number of thiophene rings is 1. The van der Waals surface area contributed by atoms with Crippen LogP contribution in [0.25, 0.3) is 0 Å². The van der Waals surface area contributed by atoms with Gasteiger partial charge in [-0.2, -0.15) is 0 Å². The molecule has 1 aromatic carbocycles. The van der Waals surface area contributed by atoms with Crippen LogP contribution in [0.2, 0.25) is 0 Å². The van der Waals surface area contributed by atoms with E-state index < -0.39 is 0 Å². The Morgan fingerprint density at radius 2 is 1.69 bits per heavy atom. The summed E-state index contributed by atoms with van der Waals surface area (Å²) in [6, 6.07) is 7.76. The minimum atomic E-state index is -0.0275. The Labute approximate surface area is 176 Å². The van der Waals surface area contributed by atoms with Crippen molar-refractivity contribution in [2.45, 2.75) is 13.0 Å². The van der Waals surface area contributed by atoms with Crippen molar-refractivity contribution in [3.8, 4) is 17.2 Å². The Kier molecular flexibility index (Phi) is 7.74. The van der Waals surface area contributed by atoms with Gasteiger partial charge in [0, 0.05) is 68.4 Å². The number of nitrogens with one attached hydrogen (secondary N) is 1. The summed E-state index contributed by atoms with van der Waals surface area (Å²) in [5, 5.41) is 5.05. The molecule has 1 saturated heterocycles. The first kappa shape index (κ1) is 21.4. The molecule has 0 spiro atoms. The fourth-order valence-electron chi connectivity index (χ4n) is 3.43. The van der Waals surface area contributed by atoms with E-state index in [-0.39, 0.29) is 5.91 Å². The van der Waals surface area contributed by atoms with Gasteiger partial charge < -0.3 is 24.4 Å². The van der Waals surface area contributed by atoms with E-state index in [1.54, 1.807) is 44.8 Å². The van der Waals surface area contributed by atoms with E-state index in [9.17, 15) is 4.79 Å². The van der Waals surface area contributed by atoms with Crippen molar-refractivity contribution in [2.75, 3.05) is 59.4 Å². The summed E-state index contributed by atoms with van der Waals surface area (Å²) in [5.41, 5.74) is 0.630. The van der Waals surface area contributed by atoms with Crippen LogP contribution >= 0.6 is 11.3 Å². The number of ether oxygens (including phenoxy) is 3. The average Bonchev–Trinajstić information content (AvgIpc) is 3.25. The van der Waals surface area contributed by atoms with Gasteiger partial charge in [-0.05, 0) is 11.4 Å². The second-order valence-electron chi connectivity index (χ2n) is 6.91. The van der Waals surface area contributed by atoms with Gasteiger partial charge in [0.25, 0.3) is 0 Å². The lowest BCUT2D eigenvalue weighted by Crippen LogP contribution is -2.46. The van der Waals surface area contributed by atoms with Gasteiger partial charge in [0.1, 0.15) is 0 Å². The lowest BCUT2D eigenvalue weighted by atomic mass is 10.2. The number of amides is 1. The van der Waals surface area contributed by atoms with Crippen molar-refractivity contribution in [3.05, 3.63) is 34.5 Å². The van der Waals surface area contributed by atoms with Crippen molar-refractivity contribution < 1.29 is 19.0 Å². The number of hydrogen-bond acceptors (Lipinski definition) is 7. The molecule has 0 unspecified atom stereocenters. The lowest BCUT2D eigenvalue weighted by Gasteiger charge is -2.34. The average molecular weight is 420 g/mol. The third kappa shape index (κ3) is 5.85. The van der Waals surface area contributed by atoms with Crippen LogP contribution in [0.1, 0.15) is 11.3 Å². The molecule has 0 atom stereocenters. The van der Waals surface area contributed by atoms with Gasteiger partial charge >= 0.3 is 0 Å². The van der Waals surface area contributed by atoms with Gasteiger partial charge in [-0.3, -0.25) is 9.69 Å². The van der Waals surface area contributed by atoms with Crippen LogP contribution < -0.4 is 19.5 Å². The number of carbonyl (C=O) groups is 1. The van der Waals surface area contributed by atoms with E-state index in [1.807, 2.05) is 0 Å². The van der Waals surface area contributed by atoms with E-state index >= 15 is 0 Å². The van der Waals surface area contributed by atoms with Crippen molar-refractivity contribution in [3.63, 3.8) is 0 Å². The molecule has 1 aliphatic rings.